The number of hydrogen-bond donors (Lipinski definition) is 1. The molecule has 4 heteroatoms. The van der Waals surface area contributed by atoms with Gasteiger partial charge in [-0.25, -0.2) is 0 Å². The molecule has 1 aromatic carbocycles. The third-order valence-corrected chi connectivity index (χ3v) is 2.34. The number of hydrogen-bond acceptors (Lipinski definition) is 3. The fourth-order valence-electron chi connectivity index (χ4n) is 1.53. The van der Waals surface area contributed by atoms with Crippen LogP contribution in [0, 0.1) is 0 Å². The van der Waals surface area contributed by atoms with Gasteiger partial charge in [-0.1, -0.05) is 12.1 Å². The van der Waals surface area contributed by atoms with Gasteiger partial charge in [-0.3, -0.25) is 4.68 Å². The fraction of sp³-hybridized carbons (Fsp3) is 0.250. The molecule has 0 fully saturated rings. The van der Waals surface area contributed by atoms with Crippen LogP contribution in [0.3, 0.4) is 0 Å². The van der Waals surface area contributed by atoms with Crippen molar-refractivity contribution in [2.75, 3.05) is 12.4 Å². The number of ether oxygens (including phenoxy) is 1. The quantitative estimate of drug-likeness (QED) is 0.851. The molecule has 1 aromatic heterocycles. The van der Waals surface area contributed by atoms with E-state index in [-0.39, 0.29) is 0 Å². The van der Waals surface area contributed by atoms with Crippen molar-refractivity contribution >= 4 is 5.69 Å². The zero-order chi connectivity index (χ0) is 11.4. The largest absolute Gasteiger partial charge is 0.495 e. The number of para-hydroxylation sites is 2. The van der Waals surface area contributed by atoms with Crippen molar-refractivity contribution in [1.82, 2.24) is 9.78 Å². The molecule has 0 saturated carbocycles. The van der Waals surface area contributed by atoms with E-state index in [1.807, 2.05) is 43.6 Å². The second-order valence-corrected chi connectivity index (χ2v) is 3.53. The molecule has 0 aliphatic heterocycles. The third kappa shape index (κ3) is 2.34. The van der Waals surface area contributed by atoms with Crippen LogP contribution in [-0.4, -0.2) is 16.9 Å². The molecule has 1 heterocycles. The first-order chi connectivity index (χ1) is 7.79. The number of aryl methyl sites for hydroxylation is 1. The van der Waals surface area contributed by atoms with Crippen molar-refractivity contribution in [1.29, 1.82) is 0 Å². The molecule has 2 rings (SSSR count). The Balaban J connectivity index is 2.04. The summed E-state index contributed by atoms with van der Waals surface area (Å²) in [5.74, 6) is 0.846. The summed E-state index contributed by atoms with van der Waals surface area (Å²) in [6, 6.07) is 9.83. The summed E-state index contributed by atoms with van der Waals surface area (Å²) in [6.07, 6.45) is 1.93. The summed E-state index contributed by atoms with van der Waals surface area (Å²) in [7, 11) is 3.58. The molecule has 0 atom stereocenters. The summed E-state index contributed by atoms with van der Waals surface area (Å²) in [5, 5.41) is 7.59. The topological polar surface area (TPSA) is 39.1 Å². The number of anilines is 1. The summed E-state index contributed by atoms with van der Waals surface area (Å²) in [4.78, 5) is 0. The van der Waals surface area contributed by atoms with Crippen LogP contribution < -0.4 is 10.1 Å². The fourth-order valence-corrected chi connectivity index (χ4v) is 1.53. The van der Waals surface area contributed by atoms with Crippen LogP contribution in [0.15, 0.2) is 36.5 Å². The van der Waals surface area contributed by atoms with Gasteiger partial charge < -0.3 is 10.1 Å². The number of rotatable bonds is 4. The summed E-state index contributed by atoms with van der Waals surface area (Å²) < 4.78 is 7.04. The Morgan fingerprint density at radius 1 is 1.31 bits per heavy atom. The van der Waals surface area contributed by atoms with Crippen LogP contribution in [0.2, 0.25) is 0 Å². The molecule has 16 heavy (non-hydrogen) atoms. The first-order valence-corrected chi connectivity index (χ1v) is 5.15. The number of nitrogens with one attached hydrogen (secondary N) is 1. The zero-order valence-corrected chi connectivity index (χ0v) is 9.47. The molecule has 1 N–H and O–H groups in total. The number of nitrogens with zero attached hydrogens (tertiary/aromatic N) is 2. The van der Waals surface area contributed by atoms with Gasteiger partial charge in [0, 0.05) is 13.2 Å². The minimum atomic E-state index is 0.696. The van der Waals surface area contributed by atoms with Crippen LogP contribution in [0.1, 0.15) is 5.69 Å². The molecule has 0 saturated heterocycles. The van der Waals surface area contributed by atoms with Gasteiger partial charge in [0.05, 0.1) is 25.0 Å². The highest BCUT2D eigenvalue weighted by Crippen LogP contribution is 2.23. The molecule has 0 spiro atoms. The van der Waals surface area contributed by atoms with E-state index in [2.05, 4.69) is 10.4 Å². The van der Waals surface area contributed by atoms with Crippen LogP contribution in [0.25, 0.3) is 0 Å². The van der Waals surface area contributed by atoms with Crippen LogP contribution in [0.5, 0.6) is 5.75 Å². The number of benzene rings is 1. The maximum Gasteiger partial charge on any atom is 0.141 e. The highest BCUT2D eigenvalue weighted by molar-refractivity contribution is 5.56. The Bertz CT molecular complexity index is 465. The Morgan fingerprint density at radius 3 is 2.81 bits per heavy atom. The lowest BCUT2D eigenvalue weighted by Crippen LogP contribution is -2.02. The molecule has 84 valence electrons. The third-order valence-electron chi connectivity index (χ3n) is 2.34. The van der Waals surface area contributed by atoms with E-state index in [0.29, 0.717) is 6.54 Å². The van der Waals surface area contributed by atoms with Crippen molar-refractivity contribution in [2.45, 2.75) is 6.54 Å². The van der Waals surface area contributed by atoms with E-state index in [1.54, 1.807) is 11.8 Å². The van der Waals surface area contributed by atoms with Gasteiger partial charge in [0.1, 0.15) is 5.75 Å². The lowest BCUT2D eigenvalue weighted by Gasteiger charge is -2.09. The van der Waals surface area contributed by atoms with E-state index in [0.717, 1.165) is 17.1 Å². The predicted octanol–water partition coefficient (Wildman–Crippen LogP) is 2.04. The van der Waals surface area contributed by atoms with E-state index in [9.17, 15) is 0 Å². The molecule has 0 bridgehead atoms. The number of methoxy groups -OCH3 is 1. The minimum Gasteiger partial charge on any atom is -0.495 e. The van der Waals surface area contributed by atoms with E-state index in [1.165, 1.54) is 0 Å². The zero-order valence-electron chi connectivity index (χ0n) is 9.47. The van der Waals surface area contributed by atoms with Gasteiger partial charge >= 0.3 is 0 Å². The summed E-state index contributed by atoms with van der Waals surface area (Å²) in [6.45, 7) is 0.696. The van der Waals surface area contributed by atoms with Crippen molar-refractivity contribution in [3.05, 3.63) is 42.2 Å². The van der Waals surface area contributed by atoms with Crippen LogP contribution in [0.4, 0.5) is 5.69 Å². The Morgan fingerprint density at radius 2 is 2.12 bits per heavy atom. The number of aromatic nitrogens is 2. The first-order valence-electron chi connectivity index (χ1n) is 5.15. The van der Waals surface area contributed by atoms with Crippen molar-refractivity contribution in [2.24, 2.45) is 7.05 Å². The summed E-state index contributed by atoms with van der Waals surface area (Å²) in [5.41, 5.74) is 1.99. The molecule has 4 nitrogen and oxygen atoms in total. The van der Waals surface area contributed by atoms with Crippen molar-refractivity contribution in [3.8, 4) is 5.75 Å². The van der Waals surface area contributed by atoms with Crippen molar-refractivity contribution < 1.29 is 4.74 Å². The standard InChI is InChI=1S/C12H15N3O/c1-15-8-7-10(14-15)9-13-11-5-3-4-6-12(11)16-2/h3-8,13H,9H2,1-2H3. The predicted molar refractivity (Wildman–Crippen MR) is 63.5 cm³/mol. The average molecular weight is 217 g/mol. The molecular formula is C12H15N3O. The molecule has 2 aromatic rings. The summed E-state index contributed by atoms with van der Waals surface area (Å²) >= 11 is 0. The average Bonchev–Trinajstić information content (AvgIpc) is 2.73. The lowest BCUT2D eigenvalue weighted by atomic mass is 10.3. The first kappa shape index (κ1) is 10.5. The molecule has 0 amide bonds. The second-order valence-electron chi connectivity index (χ2n) is 3.53. The normalized spacial score (nSPS) is 10.1. The monoisotopic (exact) mass is 217 g/mol. The Hall–Kier alpha value is -1.97. The second kappa shape index (κ2) is 4.70. The molecule has 0 aliphatic rings. The van der Waals surface area contributed by atoms with E-state index >= 15 is 0 Å². The van der Waals surface area contributed by atoms with Gasteiger partial charge in [-0.05, 0) is 18.2 Å². The maximum absolute atomic E-state index is 5.25. The molecular weight excluding hydrogens is 202 g/mol. The van der Waals surface area contributed by atoms with Gasteiger partial charge in [0.15, 0.2) is 0 Å². The van der Waals surface area contributed by atoms with Crippen LogP contribution in [-0.2, 0) is 13.6 Å². The SMILES string of the molecule is COc1ccccc1NCc1ccn(C)n1. The Kier molecular flexibility index (Phi) is 3.10. The van der Waals surface area contributed by atoms with E-state index < -0.39 is 0 Å². The highest BCUT2D eigenvalue weighted by Gasteiger charge is 2.01. The van der Waals surface area contributed by atoms with Gasteiger partial charge in [-0.2, -0.15) is 5.10 Å². The lowest BCUT2D eigenvalue weighted by molar-refractivity contribution is 0.416. The minimum absolute atomic E-state index is 0.696. The van der Waals surface area contributed by atoms with Gasteiger partial charge in [-0.15, -0.1) is 0 Å². The van der Waals surface area contributed by atoms with Gasteiger partial charge in [0.2, 0.25) is 0 Å². The van der Waals surface area contributed by atoms with Crippen molar-refractivity contribution in [3.63, 3.8) is 0 Å². The van der Waals surface area contributed by atoms with Crippen LogP contribution >= 0.6 is 0 Å². The maximum atomic E-state index is 5.25. The molecule has 0 radical (unpaired) electrons. The molecule has 0 aliphatic carbocycles. The Labute approximate surface area is 94.9 Å². The molecule has 0 unspecified atom stereocenters. The smallest absolute Gasteiger partial charge is 0.141 e. The highest BCUT2D eigenvalue weighted by atomic mass is 16.5. The van der Waals surface area contributed by atoms with Gasteiger partial charge in [0.25, 0.3) is 0 Å². The van der Waals surface area contributed by atoms with E-state index in [4.69, 9.17) is 4.74 Å².